The second kappa shape index (κ2) is 15.4. The van der Waals surface area contributed by atoms with Crippen molar-refractivity contribution < 1.29 is 4.79 Å². The van der Waals surface area contributed by atoms with Gasteiger partial charge in [-0.2, -0.15) is 0 Å². The Morgan fingerprint density at radius 1 is 0.407 bits per heavy atom. The number of halogens is 1. The summed E-state index contributed by atoms with van der Waals surface area (Å²) in [5.74, 6) is -0.0551. The van der Waals surface area contributed by atoms with E-state index in [-0.39, 0.29) is 5.78 Å². The number of carbonyl (C=O) groups is 1. The molecule has 1 aliphatic rings. The second-order valence-electron chi connectivity index (χ2n) is 14.5. The van der Waals surface area contributed by atoms with Crippen LogP contribution in [0.1, 0.15) is 44.0 Å². The highest BCUT2D eigenvalue weighted by molar-refractivity contribution is 6.42. The third-order valence-electron chi connectivity index (χ3n) is 10.9. The van der Waals surface area contributed by atoms with Crippen LogP contribution in [0.3, 0.4) is 0 Å². The highest BCUT2D eigenvalue weighted by Gasteiger charge is 2.23. The zero-order valence-corrected chi connectivity index (χ0v) is 32.6. The van der Waals surface area contributed by atoms with Gasteiger partial charge < -0.3 is 9.97 Å². The maximum Gasteiger partial charge on any atom is 0.209 e. The minimum Gasteiger partial charge on any atom is -0.354 e. The van der Waals surface area contributed by atoms with Crippen LogP contribution in [0.4, 0.5) is 0 Å². The van der Waals surface area contributed by atoms with E-state index in [4.69, 9.17) is 16.6 Å². The minimum atomic E-state index is -0.0551. The van der Waals surface area contributed by atoms with Crippen LogP contribution in [0.15, 0.2) is 217 Å². The van der Waals surface area contributed by atoms with E-state index >= 15 is 0 Å². The standard InChI is InChI=1S/C54H36ClN3O/c55-53-41-27-15-13-25-39(41)52(40-26-14-16-28-42(40)53)51(37-21-9-3-10-22-37)47-32-31-45(57-47)49(35-17-5-1-6-18-35)43-29-30-44(56-43)50(36-19-7-2-8-20-36)46-33-34-48(58-46)54(59)38-23-11-4-12-24-38/h1-34,56,58H/b49-43+,50-44+,51-47-. The Bertz CT molecular complexity index is 3210. The Morgan fingerprint density at radius 3 is 1.41 bits per heavy atom. The number of nitrogens with zero attached hydrogens (tertiary/aromatic N) is 1. The van der Waals surface area contributed by atoms with Crippen molar-refractivity contribution >= 4 is 61.4 Å². The van der Waals surface area contributed by atoms with Gasteiger partial charge in [0.05, 0.1) is 22.1 Å². The molecule has 4 nitrogen and oxygen atoms in total. The van der Waals surface area contributed by atoms with Crippen molar-refractivity contribution in [3.8, 4) is 0 Å². The molecule has 0 fully saturated rings. The van der Waals surface area contributed by atoms with Crippen LogP contribution in [0, 0.1) is 0 Å². The molecule has 0 saturated heterocycles. The van der Waals surface area contributed by atoms with Crippen LogP contribution in [0.2, 0.25) is 5.02 Å². The maximum absolute atomic E-state index is 13.5. The number of benzene rings is 7. The number of hydrogen-bond acceptors (Lipinski definition) is 2. The molecule has 0 amide bonds. The number of carbonyl (C=O) groups excluding carboxylic acids is 1. The third kappa shape index (κ3) is 6.66. The van der Waals surface area contributed by atoms with E-state index in [9.17, 15) is 4.79 Å². The van der Waals surface area contributed by atoms with E-state index < -0.39 is 0 Å². The van der Waals surface area contributed by atoms with Crippen LogP contribution in [-0.4, -0.2) is 21.5 Å². The summed E-state index contributed by atoms with van der Waals surface area (Å²) in [5, 5.41) is 6.72. The Kier molecular flexibility index (Phi) is 9.38. The van der Waals surface area contributed by atoms with Gasteiger partial charge in [0.2, 0.25) is 5.78 Å². The fraction of sp³-hybridized carbons (Fsp3) is 0. The molecule has 5 heteroatoms. The molecule has 0 atom stereocenters. The number of allylic oxidation sites excluding steroid dienone is 2. The van der Waals surface area contributed by atoms with Gasteiger partial charge in [0, 0.05) is 55.0 Å². The monoisotopic (exact) mass is 777 g/mol. The number of H-pyrrole nitrogens is 2. The largest absolute Gasteiger partial charge is 0.354 e. The van der Waals surface area contributed by atoms with Crippen molar-refractivity contribution in [1.29, 1.82) is 0 Å². The summed E-state index contributed by atoms with van der Waals surface area (Å²) >= 11 is 7.12. The molecular formula is C54H36ClN3O. The van der Waals surface area contributed by atoms with Crippen LogP contribution >= 0.6 is 11.6 Å². The Hall–Kier alpha value is -7.53. The highest BCUT2D eigenvalue weighted by Crippen LogP contribution is 2.43. The molecule has 3 heterocycles. The Balaban J connectivity index is 1.21. The summed E-state index contributed by atoms with van der Waals surface area (Å²) in [4.78, 5) is 26.2. The second-order valence-corrected chi connectivity index (χ2v) is 14.9. The number of rotatable bonds is 8. The lowest BCUT2D eigenvalue weighted by Gasteiger charge is -2.18. The quantitative estimate of drug-likeness (QED) is 0.117. The van der Waals surface area contributed by atoms with Gasteiger partial charge >= 0.3 is 0 Å². The molecule has 280 valence electrons. The van der Waals surface area contributed by atoms with E-state index in [1.54, 1.807) is 0 Å². The molecule has 1 aliphatic heterocycles. The summed E-state index contributed by atoms with van der Waals surface area (Å²) in [6.07, 6.45) is 4.25. The van der Waals surface area contributed by atoms with Crippen LogP contribution in [0.25, 0.3) is 38.3 Å². The predicted molar refractivity (Wildman–Crippen MR) is 243 cm³/mol. The number of aromatic nitrogens is 2. The first kappa shape index (κ1) is 35.9. The Morgan fingerprint density at radius 2 is 0.847 bits per heavy atom. The molecule has 0 aliphatic carbocycles. The fourth-order valence-corrected chi connectivity index (χ4v) is 8.55. The van der Waals surface area contributed by atoms with Crippen molar-refractivity contribution in [2.24, 2.45) is 4.99 Å². The van der Waals surface area contributed by atoms with Crippen molar-refractivity contribution in [2.75, 3.05) is 0 Å². The Labute approximate surface area is 346 Å². The molecule has 9 aromatic rings. The van der Waals surface area contributed by atoms with Gasteiger partial charge in [0.15, 0.2) is 0 Å². The van der Waals surface area contributed by atoms with Gasteiger partial charge in [-0.05, 0) is 63.9 Å². The van der Waals surface area contributed by atoms with Gasteiger partial charge in [0.1, 0.15) is 0 Å². The highest BCUT2D eigenvalue weighted by atomic mass is 35.5. The number of aromatic amines is 2. The molecule has 2 aromatic heterocycles. The third-order valence-corrected chi connectivity index (χ3v) is 11.3. The molecule has 0 saturated carbocycles. The zero-order valence-electron chi connectivity index (χ0n) is 31.9. The lowest BCUT2D eigenvalue weighted by molar-refractivity contribution is 0.103. The van der Waals surface area contributed by atoms with Gasteiger partial charge in [-0.1, -0.05) is 181 Å². The van der Waals surface area contributed by atoms with Crippen LogP contribution in [0.5, 0.6) is 0 Å². The minimum absolute atomic E-state index is 0.0551. The summed E-state index contributed by atoms with van der Waals surface area (Å²) in [6, 6.07) is 65.3. The van der Waals surface area contributed by atoms with Gasteiger partial charge in [-0.25, -0.2) is 4.99 Å². The molecule has 0 spiro atoms. The lowest BCUT2D eigenvalue weighted by atomic mass is 9.87. The van der Waals surface area contributed by atoms with E-state index in [0.717, 1.165) is 93.3 Å². The van der Waals surface area contributed by atoms with Crippen LogP contribution in [-0.2, 0) is 0 Å². The molecular weight excluding hydrogens is 742 g/mol. The zero-order chi connectivity index (χ0) is 39.7. The molecule has 7 aromatic carbocycles. The van der Waals surface area contributed by atoms with E-state index in [0.29, 0.717) is 11.3 Å². The number of hydrogen-bond donors (Lipinski definition) is 2. The topological polar surface area (TPSA) is 61.0 Å². The van der Waals surface area contributed by atoms with E-state index in [2.05, 4.69) is 131 Å². The van der Waals surface area contributed by atoms with Gasteiger partial charge in [-0.15, -0.1) is 0 Å². The van der Waals surface area contributed by atoms with Crippen LogP contribution < -0.4 is 10.7 Å². The number of fused-ring (bicyclic) bond motifs is 2. The summed E-state index contributed by atoms with van der Waals surface area (Å²) < 4.78 is 0. The summed E-state index contributed by atoms with van der Waals surface area (Å²) in [5.41, 5.74) is 10.9. The first-order valence-electron chi connectivity index (χ1n) is 19.6. The SMILES string of the molecule is O=C(c1ccccc1)c1ccc(/C(c2ccccc2)=c2\cc/c(=C(C3=N/C(=C(/c4ccccc4)c4c5ccccc5c(Cl)c5ccccc45)C=C3)/c3ccccc3)[nH]2)[nH]1. The van der Waals surface area contributed by atoms with E-state index in [1.165, 1.54) is 0 Å². The average Bonchev–Trinajstić information content (AvgIpc) is 4.10. The molecule has 0 unspecified atom stereocenters. The number of nitrogens with one attached hydrogen (secondary N) is 2. The summed E-state index contributed by atoms with van der Waals surface area (Å²) in [7, 11) is 0. The smallest absolute Gasteiger partial charge is 0.209 e. The summed E-state index contributed by atoms with van der Waals surface area (Å²) in [6.45, 7) is 0. The average molecular weight is 778 g/mol. The van der Waals surface area contributed by atoms with Crippen molar-refractivity contribution in [3.63, 3.8) is 0 Å². The molecule has 2 N–H and O–H groups in total. The van der Waals surface area contributed by atoms with Crippen molar-refractivity contribution in [3.05, 3.63) is 267 Å². The van der Waals surface area contributed by atoms with Gasteiger partial charge in [0.25, 0.3) is 0 Å². The first-order valence-corrected chi connectivity index (χ1v) is 20.0. The lowest BCUT2D eigenvalue weighted by Crippen LogP contribution is -2.19. The van der Waals surface area contributed by atoms with Crippen molar-refractivity contribution in [2.45, 2.75) is 0 Å². The van der Waals surface area contributed by atoms with Crippen molar-refractivity contribution in [1.82, 2.24) is 9.97 Å². The normalized spacial score (nSPS) is 14.4. The fourth-order valence-electron chi connectivity index (χ4n) is 8.22. The molecule has 59 heavy (non-hydrogen) atoms. The predicted octanol–water partition coefficient (Wildman–Crippen LogP) is 11.5. The molecule has 10 rings (SSSR count). The number of aliphatic imine (C=N–C) groups is 1. The number of ketones is 1. The first-order chi connectivity index (χ1) is 29.1. The van der Waals surface area contributed by atoms with E-state index in [1.807, 2.05) is 84.9 Å². The maximum atomic E-state index is 13.5. The molecule has 0 bridgehead atoms. The molecule has 0 radical (unpaired) electrons. The van der Waals surface area contributed by atoms with Gasteiger partial charge in [-0.3, -0.25) is 4.79 Å².